The summed E-state index contributed by atoms with van der Waals surface area (Å²) in [6.45, 7) is 7.32. The molecule has 6 fully saturated rings. The molecule has 5 aliphatic carbocycles. The minimum absolute atomic E-state index is 0.0923. The third-order valence-corrected chi connectivity index (χ3v) is 15.4. The first-order valence-corrected chi connectivity index (χ1v) is 21.8. The van der Waals surface area contributed by atoms with Crippen LogP contribution in [0.2, 0.25) is 0 Å². The van der Waals surface area contributed by atoms with Crippen LogP contribution in [0.5, 0.6) is 0 Å². The number of esters is 1. The number of quaternary nitrogens is 3. The van der Waals surface area contributed by atoms with Crippen LogP contribution < -0.4 is 21.3 Å². The Morgan fingerprint density at radius 2 is 1.79 bits per heavy atom. The van der Waals surface area contributed by atoms with Crippen molar-refractivity contribution in [3.63, 3.8) is 0 Å². The highest BCUT2D eigenvalue weighted by atomic mass is 16.7. The molecule has 7 aliphatic rings. The Labute approximate surface area is 317 Å². The van der Waals surface area contributed by atoms with Crippen LogP contribution in [0.1, 0.15) is 123 Å². The van der Waals surface area contributed by atoms with Gasteiger partial charge in [-0.25, -0.2) is 10.1 Å². The second-order valence-electron chi connectivity index (χ2n) is 18.4. The van der Waals surface area contributed by atoms with Gasteiger partial charge < -0.3 is 30.5 Å². The predicted molar refractivity (Wildman–Crippen MR) is 201 cm³/mol. The Bertz CT molecular complexity index is 1410. The quantitative estimate of drug-likeness (QED) is 0.0601. The van der Waals surface area contributed by atoms with E-state index in [1.165, 1.54) is 44.9 Å². The molecule has 0 amide bonds. The number of rotatable bonds is 14. The van der Waals surface area contributed by atoms with Gasteiger partial charge >= 0.3 is 5.97 Å². The van der Waals surface area contributed by atoms with Gasteiger partial charge in [0, 0.05) is 43.4 Å². The van der Waals surface area contributed by atoms with Crippen molar-refractivity contribution in [2.24, 2.45) is 40.9 Å². The third kappa shape index (κ3) is 7.39. The zero-order valence-electron chi connectivity index (χ0n) is 33.1. The zero-order chi connectivity index (χ0) is 37.2. The molecule has 7 rings (SSSR count). The molecule has 2 aliphatic heterocycles. The van der Waals surface area contributed by atoms with Gasteiger partial charge in [0.15, 0.2) is 17.2 Å². The van der Waals surface area contributed by atoms with Crippen molar-refractivity contribution >= 4 is 17.5 Å². The van der Waals surface area contributed by atoms with E-state index in [-0.39, 0.29) is 42.5 Å². The first-order chi connectivity index (χ1) is 25.7. The highest BCUT2D eigenvalue weighted by Crippen LogP contribution is 2.62. The topological polar surface area (TPSA) is 155 Å². The van der Waals surface area contributed by atoms with Crippen LogP contribution in [-0.2, 0) is 23.9 Å². The molecular formula is C43H71N4O6+3. The van der Waals surface area contributed by atoms with Crippen LogP contribution in [0.4, 0.5) is 0 Å². The SMILES string of the molecule is CC[NH2+][C@@H]1C[C@@H]2C=CCC[C@H]2C[C@H]1COC(=O)[C@]12O[C@@]1(CC(CO)=C(C)CC1(C3CC[NH2+]C(NC[NH2+]C)C3)CCCCC1)C(=O)C1CCCCC1C2=O. The van der Waals surface area contributed by atoms with Crippen molar-refractivity contribution in [2.45, 2.75) is 146 Å². The predicted octanol–water partition coefficient (Wildman–Crippen LogP) is 2.02. The Kier molecular flexibility index (Phi) is 12.3. The fourth-order valence-electron chi connectivity index (χ4n) is 12.5. The van der Waals surface area contributed by atoms with Crippen molar-refractivity contribution in [2.75, 3.05) is 40.0 Å². The lowest BCUT2D eigenvalue weighted by atomic mass is 9.59. The summed E-state index contributed by atoms with van der Waals surface area (Å²) >= 11 is 0. The summed E-state index contributed by atoms with van der Waals surface area (Å²) < 4.78 is 12.7. The molecule has 0 aromatic heterocycles. The van der Waals surface area contributed by atoms with Gasteiger partial charge in [-0.3, -0.25) is 9.59 Å². The van der Waals surface area contributed by atoms with E-state index < -0.39 is 29.0 Å². The van der Waals surface area contributed by atoms with Crippen LogP contribution in [-0.4, -0.2) is 86.1 Å². The number of carbonyl (C=O) groups is 3. The molecule has 0 aromatic carbocycles. The summed E-state index contributed by atoms with van der Waals surface area (Å²) in [5.41, 5.74) is -1.46. The number of ketones is 2. The van der Waals surface area contributed by atoms with E-state index in [1.807, 2.05) is 0 Å². The normalized spacial score (nSPS) is 39.7. The van der Waals surface area contributed by atoms with Crippen LogP contribution in [0.3, 0.4) is 0 Å². The molecule has 53 heavy (non-hydrogen) atoms. The molecule has 8 N–H and O–H groups in total. The first kappa shape index (κ1) is 39.3. The lowest BCUT2D eigenvalue weighted by Crippen LogP contribution is -2.98. The summed E-state index contributed by atoms with van der Waals surface area (Å²) in [7, 11) is 2.10. The summed E-state index contributed by atoms with van der Waals surface area (Å²) in [6, 6.07) is 0.349. The maximum absolute atomic E-state index is 14.7. The van der Waals surface area contributed by atoms with Crippen molar-refractivity contribution in [1.82, 2.24) is 5.32 Å². The van der Waals surface area contributed by atoms with Gasteiger partial charge in [-0.05, 0) is 94.0 Å². The molecule has 10 heteroatoms. The van der Waals surface area contributed by atoms with Gasteiger partial charge in [0.1, 0.15) is 12.8 Å². The fraction of sp³-hybridized carbons (Fsp3) is 0.837. The maximum atomic E-state index is 14.7. The number of aliphatic hydroxyl groups is 1. The number of Topliss-reactive ketones (excluding diaryl/α,β-unsaturated/α-hetero) is 2. The fourth-order valence-corrected chi connectivity index (χ4v) is 12.5. The number of fused-ring (bicyclic) bond motifs is 3. The van der Waals surface area contributed by atoms with Gasteiger partial charge in [0.25, 0.3) is 5.60 Å². The molecular weight excluding hydrogens is 668 g/mol. The van der Waals surface area contributed by atoms with E-state index in [1.54, 1.807) is 0 Å². The Morgan fingerprint density at radius 1 is 1.02 bits per heavy atom. The van der Waals surface area contributed by atoms with E-state index >= 15 is 0 Å². The number of hydrogen-bond donors (Lipinski definition) is 5. The highest BCUT2D eigenvalue weighted by molar-refractivity contribution is 6.23. The third-order valence-electron chi connectivity index (χ3n) is 15.4. The van der Waals surface area contributed by atoms with E-state index in [0.29, 0.717) is 42.8 Å². The van der Waals surface area contributed by atoms with Crippen LogP contribution in [0, 0.1) is 40.9 Å². The summed E-state index contributed by atoms with van der Waals surface area (Å²) in [6.07, 6.45) is 21.8. The minimum Gasteiger partial charge on any atom is -0.463 e. The van der Waals surface area contributed by atoms with E-state index in [4.69, 9.17) is 9.47 Å². The number of nitrogens with one attached hydrogen (secondary N) is 1. The monoisotopic (exact) mass is 740 g/mol. The minimum atomic E-state index is -1.89. The standard InChI is InChI=1S/C43H68N4O6/c1-4-45-36-21-30-13-7-6-12-29(30)20-31(36)26-52-40(51)43-39(50)35-15-9-8-14-34(35)38(49)42(43,53-43)24-32(25-48)28(2)23-41(17-10-5-11-18-41)33-16-19-46-37(22-33)47-27-44-3/h7,13,29-31,33-37,44-48H,4-6,8-12,14-27H2,1-3H3/p+3/t29-,30-,31-,33?,34?,35?,36+,37?,42-,43-/m0/s1. The Morgan fingerprint density at radius 3 is 2.53 bits per heavy atom. The number of nitrogens with two attached hydrogens (primary N) is 3. The van der Waals surface area contributed by atoms with Gasteiger partial charge in [-0.1, -0.05) is 49.8 Å². The van der Waals surface area contributed by atoms with Gasteiger partial charge in [0.05, 0.1) is 39.4 Å². The molecule has 2 saturated heterocycles. The van der Waals surface area contributed by atoms with E-state index in [9.17, 15) is 19.5 Å². The summed E-state index contributed by atoms with van der Waals surface area (Å²) in [4.78, 5) is 43.7. The molecule has 296 valence electrons. The van der Waals surface area contributed by atoms with Crippen molar-refractivity contribution in [3.05, 3.63) is 23.3 Å². The Hall–Kier alpha value is -1.95. The van der Waals surface area contributed by atoms with E-state index in [2.05, 4.69) is 54.3 Å². The largest absolute Gasteiger partial charge is 0.463 e. The lowest BCUT2D eigenvalue weighted by molar-refractivity contribution is -0.717. The number of piperidine rings is 1. The number of allylic oxidation sites excluding steroid dienone is 3. The second kappa shape index (κ2) is 16.6. The number of hydrogen-bond acceptors (Lipinski definition) is 7. The zero-order valence-corrected chi connectivity index (χ0v) is 33.1. The summed E-state index contributed by atoms with van der Waals surface area (Å²) in [5.74, 6) is 0.0110. The van der Waals surface area contributed by atoms with Gasteiger partial charge in [-0.2, -0.15) is 0 Å². The molecule has 10 nitrogen and oxygen atoms in total. The van der Waals surface area contributed by atoms with E-state index in [0.717, 1.165) is 75.9 Å². The molecule has 4 saturated carbocycles. The van der Waals surface area contributed by atoms with Crippen molar-refractivity contribution in [1.29, 1.82) is 0 Å². The smallest absolute Gasteiger partial charge is 0.350 e. The number of carbonyl (C=O) groups excluding carboxylic acids is 3. The molecule has 0 bridgehead atoms. The summed E-state index contributed by atoms with van der Waals surface area (Å²) in [5, 5.41) is 21.7. The van der Waals surface area contributed by atoms with Crippen LogP contribution in [0.25, 0.3) is 0 Å². The van der Waals surface area contributed by atoms with Crippen LogP contribution >= 0.6 is 0 Å². The molecule has 0 aromatic rings. The van der Waals surface area contributed by atoms with Crippen molar-refractivity contribution < 1.29 is 44.9 Å². The second-order valence-corrected chi connectivity index (χ2v) is 18.4. The molecule has 10 atom stereocenters. The lowest BCUT2D eigenvalue weighted by Gasteiger charge is -2.47. The number of aliphatic hydroxyl groups excluding tert-OH is 1. The van der Waals surface area contributed by atoms with Gasteiger partial charge in [0.2, 0.25) is 0 Å². The average Bonchev–Trinajstić information content (AvgIpc) is 3.89. The number of ether oxygens (including phenoxy) is 2. The Balaban J connectivity index is 1.13. The molecule has 0 spiro atoms. The highest BCUT2D eigenvalue weighted by Gasteiger charge is 2.87. The molecule has 0 radical (unpaired) electrons. The van der Waals surface area contributed by atoms with Crippen molar-refractivity contribution in [3.8, 4) is 0 Å². The maximum Gasteiger partial charge on any atom is 0.350 e. The average molecular weight is 740 g/mol. The molecule has 2 heterocycles. The first-order valence-electron chi connectivity index (χ1n) is 21.8. The van der Waals surface area contributed by atoms with Crippen LogP contribution in [0.15, 0.2) is 23.3 Å². The number of epoxide rings is 1. The molecule has 4 unspecified atom stereocenters. The van der Waals surface area contributed by atoms with Gasteiger partial charge in [-0.15, -0.1) is 0 Å².